The van der Waals surface area contributed by atoms with E-state index in [0.717, 1.165) is 36.8 Å². The lowest BCUT2D eigenvalue weighted by Crippen LogP contribution is -2.36. The monoisotopic (exact) mass is 284 g/mol. The minimum Gasteiger partial charge on any atom is -0.354 e. The van der Waals surface area contributed by atoms with Crippen LogP contribution in [0.4, 0.5) is 5.95 Å². The molecule has 5 nitrogen and oxygen atoms in total. The molecule has 0 unspecified atom stereocenters. The van der Waals surface area contributed by atoms with Crippen molar-refractivity contribution in [2.24, 2.45) is 0 Å². The summed E-state index contributed by atoms with van der Waals surface area (Å²) in [4.78, 5) is 22.7. The molecule has 1 saturated heterocycles. The highest BCUT2D eigenvalue weighted by atomic mass is 16.2. The number of nitrogens with one attached hydrogen (secondary N) is 1. The molecule has 110 valence electrons. The number of para-hydroxylation sites is 1. The molecule has 3 rings (SSSR count). The quantitative estimate of drug-likeness (QED) is 0.937. The van der Waals surface area contributed by atoms with E-state index in [9.17, 15) is 4.79 Å². The van der Waals surface area contributed by atoms with Crippen LogP contribution in [0.15, 0.2) is 30.5 Å². The van der Waals surface area contributed by atoms with Crippen molar-refractivity contribution in [1.29, 1.82) is 0 Å². The van der Waals surface area contributed by atoms with E-state index in [1.165, 1.54) is 6.42 Å². The maximum Gasteiger partial charge on any atom is 0.224 e. The molecule has 1 aliphatic heterocycles. The predicted octanol–water partition coefficient (Wildman–Crippen LogP) is 2.44. The first-order valence-corrected chi connectivity index (χ1v) is 7.56. The van der Waals surface area contributed by atoms with Crippen LogP contribution in [-0.2, 0) is 4.79 Å². The van der Waals surface area contributed by atoms with Crippen LogP contribution in [0, 0.1) is 0 Å². The van der Waals surface area contributed by atoms with Crippen molar-refractivity contribution in [1.82, 2.24) is 14.9 Å². The zero-order valence-corrected chi connectivity index (χ0v) is 12.1. The van der Waals surface area contributed by atoms with Crippen molar-refractivity contribution in [2.45, 2.75) is 25.7 Å². The number of carbonyl (C=O) groups is 1. The molecule has 1 fully saturated rings. The van der Waals surface area contributed by atoms with Gasteiger partial charge in [-0.2, -0.15) is 0 Å². The third kappa shape index (κ3) is 3.48. The second-order valence-electron chi connectivity index (χ2n) is 5.37. The largest absolute Gasteiger partial charge is 0.354 e. The summed E-state index contributed by atoms with van der Waals surface area (Å²) in [5, 5.41) is 4.16. The molecule has 1 aromatic carbocycles. The number of fused-ring (bicyclic) bond motifs is 1. The van der Waals surface area contributed by atoms with E-state index in [-0.39, 0.29) is 5.91 Å². The zero-order valence-electron chi connectivity index (χ0n) is 12.1. The number of likely N-dealkylation sites (tertiary alicyclic amines) is 1. The van der Waals surface area contributed by atoms with Crippen LogP contribution in [0.5, 0.6) is 0 Å². The smallest absolute Gasteiger partial charge is 0.224 e. The van der Waals surface area contributed by atoms with Gasteiger partial charge in [-0.1, -0.05) is 18.2 Å². The van der Waals surface area contributed by atoms with Crippen molar-refractivity contribution >= 4 is 22.8 Å². The summed E-state index contributed by atoms with van der Waals surface area (Å²) in [6.45, 7) is 2.39. The molecule has 1 N–H and O–H groups in total. The molecule has 1 aromatic heterocycles. The Hall–Kier alpha value is -2.17. The summed E-state index contributed by atoms with van der Waals surface area (Å²) in [5.74, 6) is 0.808. The third-order valence-corrected chi connectivity index (χ3v) is 3.82. The first kappa shape index (κ1) is 13.8. The highest BCUT2D eigenvalue weighted by Gasteiger charge is 2.15. The van der Waals surface area contributed by atoms with Crippen LogP contribution < -0.4 is 5.32 Å². The number of rotatable bonds is 4. The number of hydrogen-bond donors (Lipinski definition) is 1. The van der Waals surface area contributed by atoms with E-state index < -0.39 is 0 Å². The average Bonchev–Trinajstić information content (AvgIpc) is 2.55. The molecule has 0 spiro atoms. The first-order chi connectivity index (χ1) is 10.3. The van der Waals surface area contributed by atoms with Gasteiger partial charge < -0.3 is 10.2 Å². The van der Waals surface area contributed by atoms with Gasteiger partial charge in [-0.3, -0.25) is 4.79 Å². The van der Waals surface area contributed by atoms with Crippen LogP contribution in [0.1, 0.15) is 25.7 Å². The van der Waals surface area contributed by atoms with Crippen LogP contribution in [0.25, 0.3) is 10.9 Å². The van der Waals surface area contributed by atoms with Gasteiger partial charge in [0, 0.05) is 37.6 Å². The number of carbonyl (C=O) groups excluding carboxylic acids is 1. The van der Waals surface area contributed by atoms with Gasteiger partial charge in [0.25, 0.3) is 0 Å². The molecule has 0 atom stereocenters. The molecule has 2 heterocycles. The van der Waals surface area contributed by atoms with Crippen molar-refractivity contribution in [3.8, 4) is 0 Å². The van der Waals surface area contributed by atoms with E-state index in [1.54, 1.807) is 6.20 Å². The Kier molecular flexibility index (Phi) is 4.28. The molecule has 0 bridgehead atoms. The van der Waals surface area contributed by atoms with Gasteiger partial charge in [0.2, 0.25) is 11.9 Å². The van der Waals surface area contributed by atoms with E-state index >= 15 is 0 Å². The standard InChI is InChI=1S/C16H20N4O/c21-15(20-10-4-1-5-11-20)8-9-17-16-18-12-13-6-2-3-7-14(13)19-16/h2-3,6-7,12H,1,4-5,8-11H2,(H,17,18,19). The Morgan fingerprint density at radius 2 is 2.00 bits per heavy atom. The Balaban J connectivity index is 1.53. The number of hydrogen-bond acceptors (Lipinski definition) is 4. The van der Waals surface area contributed by atoms with Crippen molar-refractivity contribution in [2.75, 3.05) is 25.0 Å². The minimum absolute atomic E-state index is 0.225. The summed E-state index contributed by atoms with van der Waals surface area (Å²) < 4.78 is 0. The minimum atomic E-state index is 0.225. The van der Waals surface area contributed by atoms with Crippen molar-refractivity contribution < 1.29 is 4.79 Å². The van der Waals surface area contributed by atoms with Gasteiger partial charge in [-0.05, 0) is 25.3 Å². The lowest BCUT2D eigenvalue weighted by Gasteiger charge is -2.26. The van der Waals surface area contributed by atoms with E-state index in [2.05, 4.69) is 15.3 Å². The summed E-state index contributed by atoms with van der Waals surface area (Å²) in [5.41, 5.74) is 0.914. The molecule has 0 saturated carbocycles. The second kappa shape index (κ2) is 6.52. The summed E-state index contributed by atoms with van der Waals surface area (Å²) in [6, 6.07) is 7.87. The molecular formula is C16H20N4O. The van der Waals surface area contributed by atoms with E-state index in [4.69, 9.17) is 0 Å². The van der Waals surface area contributed by atoms with Gasteiger partial charge in [0.1, 0.15) is 0 Å². The van der Waals surface area contributed by atoms with Crippen LogP contribution in [0.3, 0.4) is 0 Å². The number of amides is 1. The van der Waals surface area contributed by atoms with E-state index in [0.29, 0.717) is 18.9 Å². The molecule has 0 radical (unpaired) electrons. The Morgan fingerprint density at radius 1 is 1.19 bits per heavy atom. The maximum atomic E-state index is 12.0. The normalized spacial score (nSPS) is 15.1. The van der Waals surface area contributed by atoms with E-state index in [1.807, 2.05) is 29.2 Å². The highest BCUT2D eigenvalue weighted by Crippen LogP contribution is 2.12. The SMILES string of the molecule is O=C(CCNc1ncc2ccccc2n1)N1CCCCC1. The van der Waals surface area contributed by atoms with Gasteiger partial charge in [0.15, 0.2) is 0 Å². The predicted molar refractivity (Wildman–Crippen MR) is 83.1 cm³/mol. The second-order valence-corrected chi connectivity index (χ2v) is 5.37. The maximum absolute atomic E-state index is 12.0. The van der Waals surface area contributed by atoms with Gasteiger partial charge in [-0.25, -0.2) is 9.97 Å². The molecule has 0 aliphatic carbocycles. The number of piperidine rings is 1. The fourth-order valence-corrected chi connectivity index (χ4v) is 2.64. The van der Waals surface area contributed by atoms with Crippen molar-refractivity contribution in [3.63, 3.8) is 0 Å². The number of nitrogens with zero attached hydrogens (tertiary/aromatic N) is 3. The van der Waals surface area contributed by atoms with Crippen LogP contribution in [0.2, 0.25) is 0 Å². The number of benzene rings is 1. The zero-order chi connectivity index (χ0) is 14.5. The van der Waals surface area contributed by atoms with Crippen LogP contribution in [-0.4, -0.2) is 40.4 Å². The fraction of sp³-hybridized carbons (Fsp3) is 0.438. The Morgan fingerprint density at radius 3 is 2.86 bits per heavy atom. The van der Waals surface area contributed by atoms with Crippen LogP contribution >= 0.6 is 0 Å². The third-order valence-electron chi connectivity index (χ3n) is 3.82. The van der Waals surface area contributed by atoms with Gasteiger partial charge >= 0.3 is 0 Å². The summed E-state index contributed by atoms with van der Waals surface area (Å²) >= 11 is 0. The summed E-state index contributed by atoms with van der Waals surface area (Å²) in [6.07, 6.45) is 5.81. The topological polar surface area (TPSA) is 58.1 Å². The molecule has 21 heavy (non-hydrogen) atoms. The fourth-order valence-electron chi connectivity index (χ4n) is 2.64. The molecule has 2 aromatic rings. The molecule has 1 amide bonds. The number of anilines is 1. The van der Waals surface area contributed by atoms with Gasteiger partial charge in [-0.15, -0.1) is 0 Å². The average molecular weight is 284 g/mol. The number of aromatic nitrogens is 2. The van der Waals surface area contributed by atoms with Crippen molar-refractivity contribution in [3.05, 3.63) is 30.5 Å². The Bertz CT molecular complexity index is 622. The lowest BCUT2D eigenvalue weighted by molar-refractivity contribution is -0.131. The molecular weight excluding hydrogens is 264 g/mol. The first-order valence-electron chi connectivity index (χ1n) is 7.56. The summed E-state index contributed by atoms with van der Waals surface area (Å²) in [7, 11) is 0. The highest BCUT2D eigenvalue weighted by molar-refractivity contribution is 5.78. The lowest BCUT2D eigenvalue weighted by atomic mass is 10.1. The molecule has 5 heteroatoms. The Labute approximate surface area is 124 Å². The van der Waals surface area contributed by atoms with Gasteiger partial charge in [0.05, 0.1) is 5.52 Å². The molecule has 1 aliphatic rings.